The summed E-state index contributed by atoms with van der Waals surface area (Å²) < 4.78 is 21.7. The Morgan fingerprint density at radius 2 is 1.85 bits per heavy atom. The van der Waals surface area contributed by atoms with E-state index in [0.717, 1.165) is 29.7 Å². The number of ether oxygens (including phenoxy) is 1. The van der Waals surface area contributed by atoms with Crippen LogP contribution in [0.2, 0.25) is 0 Å². The number of pyridine rings is 2. The van der Waals surface area contributed by atoms with Crippen molar-refractivity contribution in [1.82, 2.24) is 24.4 Å². The van der Waals surface area contributed by atoms with Crippen molar-refractivity contribution in [3.05, 3.63) is 69.7 Å². The van der Waals surface area contributed by atoms with Gasteiger partial charge in [-0.2, -0.15) is 4.98 Å². The zero-order chi connectivity index (χ0) is 33.1. The number of carbonyl (C=O) groups excluding carboxylic acids is 1. The number of anilines is 1. The maximum Gasteiger partial charge on any atom is 0.410 e. The van der Waals surface area contributed by atoms with Crippen molar-refractivity contribution in [2.45, 2.75) is 84.8 Å². The third-order valence-electron chi connectivity index (χ3n) is 8.58. The van der Waals surface area contributed by atoms with E-state index in [1.54, 1.807) is 11.1 Å². The molecule has 1 saturated carbocycles. The number of phenols is 1. The number of nitrogens with zero attached hydrogens (tertiary/aromatic N) is 6. The van der Waals surface area contributed by atoms with Crippen LogP contribution in [-0.4, -0.2) is 66.9 Å². The zero-order valence-electron chi connectivity index (χ0n) is 27.5. The average molecular weight is 629 g/mol. The van der Waals surface area contributed by atoms with Crippen molar-refractivity contribution in [1.29, 1.82) is 0 Å². The van der Waals surface area contributed by atoms with Crippen LogP contribution < -0.4 is 10.6 Å². The van der Waals surface area contributed by atoms with Crippen LogP contribution in [0.25, 0.3) is 28.0 Å². The van der Waals surface area contributed by atoms with Gasteiger partial charge in [0.25, 0.3) is 0 Å². The SMILES string of the molecule is Cc1ccnc(C(C)C)c1-n1c(=O)nc(N2CCN(C(=O)OC(C)(C)C)C[C@@H]2C)c2cc(C3CC3)c(-c3cc(F)ccc3O)nc21. The molecule has 1 N–H and O–H groups in total. The Kier molecular flexibility index (Phi) is 7.98. The molecule has 4 heterocycles. The van der Waals surface area contributed by atoms with E-state index in [9.17, 15) is 19.1 Å². The van der Waals surface area contributed by atoms with Gasteiger partial charge in [0.2, 0.25) is 0 Å². The summed E-state index contributed by atoms with van der Waals surface area (Å²) in [5.41, 5.74) is 2.95. The van der Waals surface area contributed by atoms with E-state index in [2.05, 4.69) is 4.98 Å². The molecule has 0 spiro atoms. The molecule has 11 heteroatoms. The monoisotopic (exact) mass is 628 g/mol. The number of halogens is 1. The maximum absolute atomic E-state index is 14.6. The van der Waals surface area contributed by atoms with E-state index in [4.69, 9.17) is 14.7 Å². The van der Waals surface area contributed by atoms with Crippen molar-refractivity contribution in [3.63, 3.8) is 0 Å². The molecular weight excluding hydrogens is 587 g/mol. The third-order valence-corrected chi connectivity index (χ3v) is 8.58. The standard InChI is InChI=1S/C35H41FN6O4/c1-19(2)28-30(20(3)12-13-37-28)42-32-26(17-24(22-8-9-22)29(38-32)25-16-23(36)10-11-27(25)43)31(39-33(42)44)41-15-14-40(18-21(41)4)34(45)46-35(5,6)7/h10-13,16-17,19,21-22,43H,8-9,14-15,18H2,1-7H3/t21-/m0/s1. The van der Waals surface area contributed by atoms with Crippen LogP contribution in [0.5, 0.6) is 5.75 Å². The Balaban J connectivity index is 1.59. The Bertz CT molecular complexity index is 1900. The lowest BCUT2D eigenvalue weighted by Crippen LogP contribution is -2.55. The minimum absolute atomic E-state index is 0.00467. The highest BCUT2D eigenvalue weighted by Crippen LogP contribution is 2.47. The number of fused-ring (bicyclic) bond motifs is 1. The summed E-state index contributed by atoms with van der Waals surface area (Å²) in [6.45, 7) is 14.7. The first-order chi connectivity index (χ1) is 21.7. The Labute approximate surface area is 267 Å². The summed E-state index contributed by atoms with van der Waals surface area (Å²) in [7, 11) is 0. The Morgan fingerprint density at radius 1 is 1.11 bits per heavy atom. The van der Waals surface area contributed by atoms with Crippen LogP contribution in [0, 0.1) is 12.7 Å². The second-order valence-electron chi connectivity index (χ2n) is 13.8. The first kappa shape index (κ1) is 31.4. The van der Waals surface area contributed by atoms with Gasteiger partial charge in [-0.25, -0.2) is 23.5 Å². The lowest BCUT2D eigenvalue weighted by atomic mass is 9.99. The second kappa shape index (κ2) is 11.7. The quantitative estimate of drug-likeness (QED) is 0.269. The van der Waals surface area contributed by atoms with Crippen LogP contribution in [-0.2, 0) is 4.74 Å². The zero-order valence-corrected chi connectivity index (χ0v) is 27.5. The summed E-state index contributed by atoms with van der Waals surface area (Å²) in [4.78, 5) is 45.3. The van der Waals surface area contributed by atoms with Gasteiger partial charge in [-0.15, -0.1) is 0 Å². The first-order valence-electron chi connectivity index (χ1n) is 15.9. The predicted molar refractivity (Wildman–Crippen MR) is 175 cm³/mol. The molecule has 2 fully saturated rings. The molecule has 0 radical (unpaired) electrons. The van der Waals surface area contributed by atoms with Gasteiger partial charge >= 0.3 is 11.8 Å². The van der Waals surface area contributed by atoms with Crippen molar-refractivity contribution in [2.75, 3.05) is 24.5 Å². The Morgan fingerprint density at radius 3 is 2.50 bits per heavy atom. The van der Waals surface area contributed by atoms with E-state index < -0.39 is 17.1 Å². The average Bonchev–Trinajstić information content (AvgIpc) is 3.82. The number of aromatic hydroxyl groups is 1. The summed E-state index contributed by atoms with van der Waals surface area (Å²) >= 11 is 0. The number of rotatable bonds is 5. The van der Waals surface area contributed by atoms with E-state index in [1.807, 2.05) is 65.5 Å². The molecule has 3 aromatic heterocycles. The Hall–Kier alpha value is -4.54. The fraction of sp³-hybridized carbons (Fsp3) is 0.457. The van der Waals surface area contributed by atoms with Gasteiger partial charge in [-0.1, -0.05) is 13.8 Å². The minimum atomic E-state index is -0.613. The van der Waals surface area contributed by atoms with E-state index in [-0.39, 0.29) is 35.3 Å². The number of piperazine rings is 1. The highest BCUT2D eigenvalue weighted by molar-refractivity contribution is 5.92. The van der Waals surface area contributed by atoms with Crippen LogP contribution in [0.1, 0.15) is 83.0 Å². The smallest absolute Gasteiger partial charge is 0.410 e. The molecule has 4 aromatic rings. The van der Waals surface area contributed by atoms with Gasteiger partial charge in [-0.05, 0) is 101 Å². The molecule has 2 aliphatic rings. The fourth-order valence-corrected chi connectivity index (χ4v) is 6.23. The normalized spacial score (nSPS) is 17.2. The molecule has 0 unspecified atom stereocenters. The van der Waals surface area contributed by atoms with Crippen molar-refractivity contribution in [3.8, 4) is 22.7 Å². The summed E-state index contributed by atoms with van der Waals surface area (Å²) in [6, 6.07) is 7.49. The highest BCUT2D eigenvalue weighted by Gasteiger charge is 2.35. The highest BCUT2D eigenvalue weighted by atomic mass is 19.1. The van der Waals surface area contributed by atoms with Gasteiger partial charge in [-0.3, -0.25) is 4.98 Å². The lowest BCUT2D eigenvalue weighted by molar-refractivity contribution is 0.0218. The molecule has 1 aliphatic heterocycles. The van der Waals surface area contributed by atoms with Crippen molar-refractivity contribution >= 4 is 22.9 Å². The largest absolute Gasteiger partial charge is 0.507 e. The second-order valence-corrected chi connectivity index (χ2v) is 13.8. The predicted octanol–water partition coefficient (Wildman–Crippen LogP) is 6.44. The number of hydrogen-bond donors (Lipinski definition) is 1. The molecule has 1 saturated heterocycles. The van der Waals surface area contributed by atoms with E-state index >= 15 is 0 Å². The third kappa shape index (κ3) is 5.90. The van der Waals surface area contributed by atoms with Crippen LogP contribution in [0.15, 0.2) is 41.3 Å². The van der Waals surface area contributed by atoms with E-state index in [0.29, 0.717) is 47.9 Å². The van der Waals surface area contributed by atoms with Gasteiger partial charge in [0.1, 0.15) is 23.0 Å². The molecular formula is C35H41FN6O4. The number of aryl methyl sites for hydroxylation is 1. The number of phenolic OH excluding ortho intramolecular Hbond substituents is 1. The number of aromatic nitrogens is 4. The first-order valence-corrected chi connectivity index (χ1v) is 15.9. The molecule has 6 rings (SSSR count). The number of hydrogen-bond acceptors (Lipinski definition) is 8. The summed E-state index contributed by atoms with van der Waals surface area (Å²) in [5, 5.41) is 11.5. The molecule has 1 atom stereocenters. The fourth-order valence-electron chi connectivity index (χ4n) is 6.23. The topological polar surface area (TPSA) is 114 Å². The van der Waals surface area contributed by atoms with Crippen LogP contribution >= 0.6 is 0 Å². The molecule has 1 aromatic carbocycles. The van der Waals surface area contributed by atoms with Gasteiger partial charge in [0.05, 0.1) is 22.5 Å². The number of carbonyl (C=O) groups is 1. The maximum atomic E-state index is 14.6. The number of amides is 1. The number of benzene rings is 1. The molecule has 0 bridgehead atoms. The van der Waals surface area contributed by atoms with Gasteiger partial charge < -0.3 is 19.6 Å². The summed E-state index contributed by atoms with van der Waals surface area (Å²) in [6.07, 6.45) is 3.22. The van der Waals surface area contributed by atoms with E-state index in [1.165, 1.54) is 22.8 Å². The van der Waals surface area contributed by atoms with Crippen LogP contribution in [0.4, 0.5) is 15.0 Å². The molecule has 242 valence electrons. The minimum Gasteiger partial charge on any atom is -0.507 e. The van der Waals surface area contributed by atoms with Gasteiger partial charge in [0.15, 0.2) is 5.65 Å². The van der Waals surface area contributed by atoms with Crippen molar-refractivity contribution in [2.24, 2.45) is 0 Å². The summed E-state index contributed by atoms with van der Waals surface area (Å²) in [5.74, 6) is 0.0620. The molecule has 1 amide bonds. The van der Waals surface area contributed by atoms with Crippen LogP contribution in [0.3, 0.4) is 0 Å². The molecule has 1 aliphatic carbocycles. The molecule has 46 heavy (non-hydrogen) atoms. The van der Waals surface area contributed by atoms with Gasteiger partial charge in [0, 0.05) is 37.4 Å². The van der Waals surface area contributed by atoms with Crippen molar-refractivity contribution < 1.29 is 19.0 Å². The lowest BCUT2D eigenvalue weighted by Gasteiger charge is -2.41. The molecule has 10 nitrogen and oxygen atoms in total.